The SMILES string of the molecule is CCCCCCCCCCCCCCCC1(O)CC2CCCC(C1)N2C(=O)OCC1c2ccccc2-c2ccccc21. The van der Waals surface area contributed by atoms with Crippen LogP contribution < -0.4 is 0 Å². The predicted molar refractivity (Wildman–Crippen MR) is 173 cm³/mol. The van der Waals surface area contributed by atoms with Crippen molar-refractivity contribution >= 4 is 6.09 Å². The number of hydrogen-bond acceptors (Lipinski definition) is 3. The standard InChI is InChI=1S/C38H55NO3/c1-2-3-4-5-6-7-8-9-10-11-12-13-18-26-38(41)27-30-20-19-21-31(28-38)39(30)37(40)42-29-36-34-24-16-14-22-32(34)33-23-15-17-25-35(33)36/h14-17,22-25,30-31,36,41H,2-13,18-21,26-29H2,1H3. The Kier molecular flexibility index (Phi) is 11.4. The minimum atomic E-state index is -0.631. The lowest BCUT2D eigenvalue weighted by atomic mass is 9.73. The van der Waals surface area contributed by atoms with Gasteiger partial charge < -0.3 is 14.7 Å². The minimum absolute atomic E-state index is 0.0819. The summed E-state index contributed by atoms with van der Waals surface area (Å²) in [5.41, 5.74) is 4.37. The minimum Gasteiger partial charge on any atom is -0.448 e. The highest BCUT2D eigenvalue weighted by Crippen LogP contribution is 2.45. The summed E-state index contributed by atoms with van der Waals surface area (Å²) < 4.78 is 6.07. The van der Waals surface area contributed by atoms with Gasteiger partial charge in [-0.15, -0.1) is 0 Å². The molecular weight excluding hydrogens is 518 g/mol. The topological polar surface area (TPSA) is 49.8 Å². The molecule has 0 aromatic heterocycles. The monoisotopic (exact) mass is 573 g/mol. The lowest BCUT2D eigenvalue weighted by Crippen LogP contribution is -2.60. The fourth-order valence-electron chi connectivity index (χ4n) is 8.17. The molecule has 2 saturated heterocycles. The van der Waals surface area contributed by atoms with E-state index in [2.05, 4.69) is 55.5 Å². The predicted octanol–water partition coefficient (Wildman–Crippen LogP) is 10.2. The molecule has 2 aliphatic heterocycles. The molecule has 2 fully saturated rings. The fraction of sp³-hybridized carbons (Fsp3) is 0.658. The zero-order valence-electron chi connectivity index (χ0n) is 26.2. The molecule has 42 heavy (non-hydrogen) atoms. The highest BCUT2D eigenvalue weighted by Gasteiger charge is 2.47. The number of unbranched alkanes of at least 4 members (excludes halogenated alkanes) is 12. The van der Waals surface area contributed by atoms with Crippen LogP contribution in [0.4, 0.5) is 4.79 Å². The van der Waals surface area contributed by atoms with E-state index in [1.165, 1.54) is 99.3 Å². The summed E-state index contributed by atoms with van der Waals surface area (Å²) in [5, 5.41) is 11.6. The average Bonchev–Trinajstić information content (AvgIpc) is 3.31. The van der Waals surface area contributed by atoms with E-state index in [-0.39, 0.29) is 24.1 Å². The molecule has 3 aliphatic rings. The lowest BCUT2D eigenvalue weighted by molar-refractivity contribution is -0.0894. The van der Waals surface area contributed by atoms with Crippen molar-refractivity contribution in [3.8, 4) is 11.1 Å². The van der Waals surface area contributed by atoms with Crippen LogP contribution in [0.15, 0.2) is 48.5 Å². The van der Waals surface area contributed by atoms with Gasteiger partial charge in [-0.25, -0.2) is 4.79 Å². The first kappa shape index (κ1) is 31.1. The van der Waals surface area contributed by atoms with Gasteiger partial charge in [-0.05, 0) is 60.8 Å². The highest BCUT2D eigenvalue weighted by atomic mass is 16.6. The van der Waals surface area contributed by atoms with Crippen molar-refractivity contribution in [3.05, 3.63) is 59.7 Å². The van der Waals surface area contributed by atoms with Crippen molar-refractivity contribution in [1.82, 2.24) is 4.90 Å². The van der Waals surface area contributed by atoms with Crippen molar-refractivity contribution in [2.75, 3.05) is 6.61 Å². The number of piperidine rings is 2. The maximum absolute atomic E-state index is 13.5. The van der Waals surface area contributed by atoms with Crippen molar-refractivity contribution < 1.29 is 14.6 Å². The first-order valence-electron chi connectivity index (χ1n) is 17.5. The van der Waals surface area contributed by atoms with Crippen molar-refractivity contribution in [2.45, 2.75) is 153 Å². The van der Waals surface area contributed by atoms with E-state index < -0.39 is 5.60 Å². The number of hydrogen-bond donors (Lipinski definition) is 1. The van der Waals surface area contributed by atoms with Crippen LogP contribution >= 0.6 is 0 Å². The van der Waals surface area contributed by atoms with E-state index in [0.29, 0.717) is 19.4 Å². The third-order valence-electron chi connectivity index (χ3n) is 10.4. The van der Waals surface area contributed by atoms with Crippen LogP contribution in [0.25, 0.3) is 11.1 Å². The van der Waals surface area contributed by atoms with Crippen LogP contribution in [0.5, 0.6) is 0 Å². The fourth-order valence-corrected chi connectivity index (χ4v) is 8.17. The molecule has 5 rings (SSSR count). The Labute approximate surface area is 255 Å². The molecule has 2 unspecified atom stereocenters. The first-order chi connectivity index (χ1) is 20.6. The Morgan fingerprint density at radius 1 is 0.762 bits per heavy atom. The average molecular weight is 574 g/mol. The number of nitrogens with zero attached hydrogens (tertiary/aromatic N) is 1. The van der Waals surface area contributed by atoms with Crippen LogP contribution in [-0.2, 0) is 4.74 Å². The van der Waals surface area contributed by atoms with Gasteiger partial charge in [0.2, 0.25) is 0 Å². The van der Waals surface area contributed by atoms with Gasteiger partial charge in [-0.2, -0.15) is 0 Å². The molecule has 0 saturated carbocycles. The maximum atomic E-state index is 13.5. The first-order valence-corrected chi connectivity index (χ1v) is 17.5. The van der Waals surface area contributed by atoms with Crippen molar-refractivity contribution in [3.63, 3.8) is 0 Å². The summed E-state index contributed by atoms with van der Waals surface area (Å²) in [6.07, 6.45) is 22.6. The van der Waals surface area contributed by atoms with E-state index >= 15 is 0 Å². The van der Waals surface area contributed by atoms with Gasteiger partial charge in [0.1, 0.15) is 6.61 Å². The molecule has 230 valence electrons. The molecule has 1 N–H and O–H groups in total. The van der Waals surface area contributed by atoms with Gasteiger partial charge in [-0.1, -0.05) is 139 Å². The van der Waals surface area contributed by atoms with Gasteiger partial charge in [0.05, 0.1) is 5.60 Å². The molecule has 2 atom stereocenters. The third kappa shape index (κ3) is 7.78. The van der Waals surface area contributed by atoms with Gasteiger partial charge in [0.25, 0.3) is 0 Å². The van der Waals surface area contributed by atoms with Gasteiger partial charge in [-0.3, -0.25) is 0 Å². The zero-order valence-corrected chi connectivity index (χ0v) is 26.2. The molecule has 2 bridgehead atoms. The number of fused-ring (bicyclic) bond motifs is 5. The Morgan fingerprint density at radius 3 is 1.76 bits per heavy atom. The number of carbonyl (C=O) groups excluding carboxylic acids is 1. The summed E-state index contributed by atoms with van der Waals surface area (Å²) in [5.74, 6) is 0.0819. The Morgan fingerprint density at radius 2 is 1.24 bits per heavy atom. The van der Waals surface area contributed by atoms with Gasteiger partial charge in [0.15, 0.2) is 0 Å². The number of rotatable bonds is 16. The largest absolute Gasteiger partial charge is 0.448 e. The molecule has 4 nitrogen and oxygen atoms in total. The number of aliphatic hydroxyl groups is 1. The van der Waals surface area contributed by atoms with E-state index in [4.69, 9.17) is 4.74 Å². The van der Waals surface area contributed by atoms with E-state index in [1.54, 1.807) is 0 Å². The van der Waals surface area contributed by atoms with Crippen LogP contribution in [0.1, 0.15) is 146 Å². The maximum Gasteiger partial charge on any atom is 0.410 e. The summed E-state index contributed by atoms with van der Waals surface area (Å²) in [6.45, 7) is 2.65. The number of benzene rings is 2. The smallest absolute Gasteiger partial charge is 0.410 e. The number of ether oxygens (including phenoxy) is 1. The summed E-state index contributed by atoms with van der Waals surface area (Å²) in [4.78, 5) is 15.5. The van der Waals surface area contributed by atoms with Crippen LogP contribution in [-0.4, -0.2) is 40.4 Å². The molecule has 1 amide bonds. The molecule has 2 aromatic carbocycles. The van der Waals surface area contributed by atoms with Crippen LogP contribution in [0, 0.1) is 0 Å². The number of amides is 1. The Bertz CT molecular complexity index is 1070. The molecule has 2 heterocycles. The van der Waals surface area contributed by atoms with Gasteiger partial charge in [0, 0.05) is 18.0 Å². The molecule has 1 aliphatic carbocycles. The zero-order chi connectivity index (χ0) is 29.2. The van der Waals surface area contributed by atoms with Crippen LogP contribution in [0.3, 0.4) is 0 Å². The quantitative estimate of drug-likeness (QED) is 0.203. The normalized spacial score (nSPS) is 23.0. The molecule has 0 spiro atoms. The van der Waals surface area contributed by atoms with E-state index in [0.717, 1.165) is 32.1 Å². The third-order valence-corrected chi connectivity index (χ3v) is 10.4. The summed E-state index contributed by atoms with van der Waals surface area (Å²) in [7, 11) is 0. The van der Waals surface area contributed by atoms with E-state index in [9.17, 15) is 9.90 Å². The Balaban J connectivity index is 1.03. The van der Waals surface area contributed by atoms with Gasteiger partial charge >= 0.3 is 6.09 Å². The number of carbonyl (C=O) groups is 1. The van der Waals surface area contributed by atoms with E-state index in [1.807, 2.05) is 4.90 Å². The second-order valence-electron chi connectivity index (χ2n) is 13.6. The second kappa shape index (κ2) is 15.4. The summed E-state index contributed by atoms with van der Waals surface area (Å²) in [6, 6.07) is 17.2. The molecule has 2 aromatic rings. The lowest BCUT2D eigenvalue weighted by Gasteiger charge is -2.51. The second-order valence-corrected chi connectivity index (χ2v) is 13.6. The van der Waals surface area contributed by atoms with Crippen molar-refractivity contribution in [2.24, 2.45) is 0 Å². The van der Waals surface area contributed by atoms with Crippen molar-refractivity contribution in [1.29, 1.82) is 0 Å². The molecule has 4 heteroatoms. The highest BCUT2D eigenvalue weighted by molar-refractivity contribution is 5.79. The van der Waals surface area contributed by atoms with Crippen LogP contribution in [0.2, 0.25) is 0 Å². The summed E-state index contributed by atoms with van der Waals surface area (Å²) >= 11 is 0. The molecule has 0 radical (unpaired) electrons. The molecular formula is C38H55NO3. The Hall–Kier alpha value is -2.33.